The molecule has 2 heterocycles. The molecule has 28 heavy (non-hydrogen) atoms. The molecule has 0 spiro atoms. The number of benzene rings is 1. The Morgan fingerprint density at radius 3 is 2.54 bits per heavy atom. The van der Waals surface area contributed by atoms with Gasteiger partial charge in [-0.05, 0) is 17.7 Å². The number of carbonyl (C=O) groups is 1. The van der Waals surface area contributed by atoms with Gasteiger partial charge < -0.3 is 15.4 Å². The molecule has 1 amide bonds. The molecule has 2 aliphatic rings. The van der Waals surface area contributed by atoms with Gasteiger partial charge in [-0.1, -0.05) is 30.3 Å². The summed E-state index contributed by atoms with van der Waals surface area (Å²) in [5, 5.41) is 6.48. The van der Waals surface area contributed by atoms with E-state index < -0.39 is 5.95 Å². The molecule has 2 atom stereocenters. The molecule has 1 aromatic heterocycles. The Morgan fingerprint density at radius 2 is 1.86 bits per heavy atom. The number of pyridine rings is 1. The lowest BCUT2D eigenvalue weighted by Gasteiger charge is -2.36. The average Bonchev–Trinajstić information content (AvgIpc) is 3.12. The maximum Gasteiger partial charge on any atom is 0.225 e. The predicted octanol–water partition coefficient (Wildman–Crippen LogP) is 3.09. The fourth-order valence-electron chi connectivity index (χ4n) is 3.72. The highest BCUT2D eigenvalue weighted by Crippen LogP contribution is 2.30. The summed E-state index contributed by atoms with van der Waals surface area (Å²) < 4.78 is 18.5. The molecule has 1 aliphatic carbocycles. The summed E-state index contributed by atoms with van der Waals surface area (Å²) in [6.45, 7) is 1.54. The van der Waals surface area contributed by atoms with E-state index in [-0.39, 0.29) is 54.7 Å². The molecular weight excluding hydrogens is 404 g/mol. The van der Waals surface area contributed by atoms with E-state index in [4.69, 9.17) is 4.74 Å². The van der Waals surface area contributed by atoms with Crippen LogP contribution in [0.25, 0.3) is 0 Å². The van der Waals surface area contributed by atoms with Crippen LogP contribution in [0.5, 0.6) is 5.75 Å². The van der Waals surface area contributed by atoms with E-state index in [1.54, 1.807) is 6.07 Å². The highest BCUT2D eigenvalue weighted by Gasteiger charge is 2.38. The number of hydrogen-bond donors (Lipinski definition) is 2. The Balaban J connectivity index is 0.00000140. The van der Waals surface area contributed by atoms with Gasteiger partial charge in [-0.25, -0.2) is 4.98 Å². The van der Waals surface area contributed by atoms with E-state index in [2.05, 4.69) is 27.8 Å². The molecule has 2 unspecified atom stereocenters. The number of nitrogens with zero attached hydrogens (tertiary/aromatic N) is 1. The number of halogens is 3. The second-order valence-electron chi connectivity index (χ2n) is 7.02. The molecule has 1 aromatic carbocycles. The van der Waals surface area contributed by atoms with Crippen LogP contribution in [0.3, 0.4) is 0 Å². The lowest BCUT2D eigenvalue weighted by atomic mass is 9.85. The van der Waals surface area contributed by atoms with E-state index in [1.807, 2.05) is 18.2 Å². The summed E-state index contributed by atoms with van der Waals surface area (Å²) in [5.74, 6) is 0.322. The van der Waals surface area contributed by atoms with E-state index in [9.17, 15) is 9.18 Å². The molecule has 152 valence electrons. The van der Waals surface area contributed by atoms with Gasteiger partial charge in [-0.2, -0.15) is 4.39 Å². The van der Waals surface area contributed by atoms with E-state index >= 15 is 0 Å². The molecule has 1 saturated carbocycles. The molecule has 2 aromatic rings. The van der Waals surface area contributed by atoms with Crippen molar-refractivity contribution in [1.29, 1.82) is 0 Å². The normalized spacial score (nSPS) is 25.6. The molecule has 8 heteroatoms. The van der Waals surface area contributed by atoms with Gasteiger partial charge in [0.15, 0.2) is 0 Å². The fourth-order valence-corrected chi connectivity index (χ4v) is 3.72. The van der Waals surface area contributed by atoms with Crippen LogP contribution in [0.1, 0.15) is 24.3 Å². The van der Waals surface area contributed by atoms with Crippen LogP contribution in [-0.2, 0) is 4.79 Å². The first kappa shape index (κ1) is 22.4. The van der Waals surface area contributed by atoms with E-state index in [1.165, 1.54) is 17.8 Å². The Morgan fingerprint density at radius 1 is 1.11 bits per heavy atom. The van der Waals surface area contributed by atoms with Crippen molar-refractivity contribution in [2.24, 2.45) is 5.92 Å². The minimum absolute atomic E-state index is 0. The van der Waals surface area contributed by atoms with Crippen LogP contribution in [0.15, 0.2) is 48.7 Å². The molecular formula is C20H24Cl2FN3O2. The van der Waals surface area contributed by atoms with Crippen LogP contribution in [0, 0.1) is 11.9 Å². The molecule has 0 radical (unpaired) electrons. The third-order valence-corrected chi connectivity index (χ3v) is 5.22. The number of ether oxygens (including phenoxy) is 1. The summed E-state index contributed by atoms with van der Waals surface area (Å²) >= 11 is 0. The van der Waals surface area contributed by atoms with Crippen molar-refractivity contribution in [3.05, 3.63) is 60.2 Å². The van der Waals surface area contributed by atoms with Gasteiger partial charge in [-0.3, -0.25) is 4.79 Å². The summed E-state index contributed by atoms with van der Waals surface area (Å²) in [6, 6.07) is 13.2. The molecule has 0 bridgehead atoms. The summed E-state index contributed by atoms with van der Waals surface area (Å²) in [6.07, 6.45) is 2.95. The highest BCUT2D eigenvalue weighted by molar-refractivity contribution is 5.85. The Kier molecular flexibility index (Phi) is 8.04. The van der Waals surface area contributed by atoms with Crippen molar-refractivity contribution >= 4 is 30.7 Å². The van der Waals surface area contributed by atoms with Crippen LogP contribution in [0.4, 0.5) is 4.39 Å². The molecule has 5 nitrogen and oxygen atoms in total. The Bertz CT molecular complexity index is 758. The van der Waals surface area contributed by atoms with Crippen molar-refractivity contribution in [1.82, 2.24) is 15.6 Å². The van der Waals surface area contributed by atoms with Crippen LogP contribution >= 0.6 is 24.8 Å². The number of carbonyl (C=O) groups excluding carboxylic acids is 1. The smallest absolute Gasteiger partial charge is 0.225 e. The first-order valence-corrected chi connectivity index (χ1v) is 9.03. The number of rotatable bonds is 5. The molecule has 4 rings (SSSR count). The third-order valence-electron chi connectivity index (χ3n) is 5.22. The maximum absolute atomic E-state index is 12.8. The van der Waals surface area contributed by atoms with Gasteiger partial charge in [0.1, 0.15) is 11.9 Å². The highest BCUT2D eigenvalue weighted by atomic mass is 35.5. The molecule has 2 N–H and O–H groups in total. The second kappa shape index (κ2) is 10.0. The summed E-state index contributed by atoms with van der Waals surface area (Å²) in [5.41, 5.74) is 1.20. The molecule has 2 fully saturated rings. The monoisotopic (exact) mass is 427 g/mol. The summed E-state index contributed by atoms with van der Waals surface area (Å²) in [4.78, 5) is 16.3. The molecule has 1 aliphatic heterocycles. The van der Waals surface area contributed by atoms with Crippen molar-refractivity contribution in [2.45, 2.75) is 30.9 Å². The van der Waals surface area contributed by atoms with Gasteiger partial charge in [0.2, 0.25) is 11.9 Å². The second-order valence-corrected chi connectivity index (χ2v) is 7.02. The zero-order valence-corrected chi connectivity index (χ0v) is 16.8. The topological polar surface area (TPSA) is 63.2 Å². The quantitative estimate of drug-likeness (QED) is 0.719. The summed E-state index contributed by atoms with van der Waals surface area (Å²) in [7, 11) is 0. The first-order chi connectivity index (χ1) is 12.7. The van der Waals surface area contributed by atoms with Crippen LogP contribution in [0.2, 0.25) is 0 Å². The van der Waals surface area contributed by atoms with Gasteiger partial charge in [0, 0.05) is 37.9 Å². The SMILES string of the molecule is Cl.Cl.O=C(NC1CC(Oc2ccc(F)nc2)C1)C1CNCC1c1ccccc1. The lowest BCUT2D eigenvalue weighted by molar-refractivity contribution is -0.126. The van der Waals surface area contributed by atoms with E-state index in [0.717, 1.165) is 19.4 Å². The average molecular weight is 428 g/mol. The zero-order valence-electron chi connectivity index (χ0n) is 15.2. The minimum Gasteiger partial charge on any atom is -0.489 e. The van der Waals surface area contributed by atoms with Crippen LogP contribution < -0.4 is 15.4 Å². The minimum atomic E-state index is -0.519. The van der Waals surface area contributed by atoms with Gasteiger partial charge in [-0.15, -0.1) is 24.8 Å². The van der Waals surface area contributed by atoms with Crippen LogP contribution in [-0.4, -0.2) is 36.1 Å². The maximum atomic E-state index is 12.8. The Hall–Kier alpha value is -1.89. The lowest BCUT2D eigenvalue weighted by Crippen LogP contribution is -2.51. The molecule has 1 saturated heterocycles. The first-order valence-electron chi connectivity index (χ1n) is 9.03. The third kappa shape index (κ3) is 5.13. The standard InChI is InChI=1S/C20H22FN3O2.2ClH/c21-19-7-6-15(10-23-19)26-16-8-14(9-16)24-20(25)18-12-22-11-17(18)13-4-2-1-3-5-13;;/h1-7,10,14,16-18,22H,8-9,11-12H2,(H,24,25);2*1H. The largest absolute Gasteiger partial charge is 0.489 e. The number of hydrogen-bond acceptors (Lipinski definition) is 4. The van der Waals surface area contributed by atoms with Gasteiger partial charge in [0.05, 0.1) is 12.1 Å². The number of nitrogens with one attached hydrogen (secondary N) is 2. The number of aromatic nitrogens is 1. The van der Waals surface area contributed by atoms with E-state index in [0.29, 0.717) is 12.3 Å². The Labute approximate surface area is 176 Å². The number of amides is 1. The predicted molar refractivity (Wildman–Crippen MR) is 110 cm³/mol. The van der Waals surface area contributed by atoms with Gasteiger partial charge in [0.25, 0.3) is 0 Å². The fraction of sp³-hybridized carbons (Fsp3) is 0.400. The van der Waals surface area contributed by atoms with Gasteiger partial charge >= 0.3 is 0 Å². The van der Waals surface area contributed by atoms with Crippen molar-refractivity contribution in [3.8, 4) is 5.75 Å². The van der Waals surface area contributed by atoms with Crippen molar-refractivity contribution < 1.29 is 13.9 Å². The van der Waals surface area contributed by atoms with Crippen molar-refractivity contribution in [3.63, 3.8) is 0 Å². The van der Waals surface area contributed by atoms with Crippen molar-refractivity contribution in [2.75, 3.05) is 13.1 Å². The zero-order chi connectivity index (χ0) is 17.9.